The van der Waals surface area contributed by atoms with Crippen molar-refractivity contribution in [3.05, 3.63) is 82.9 Å². The molecule has 0 saturated heterocycles. The first-order valence-electron chi connectivity index (χ1n) is 12.5. The smallest absolute Gasteiger partial charge is 0.257 e. The van der Waals surface area contributed by atoms with E-state index in [9.17, 15) is 9.18 Å². The van der Waals surface area contributed by atoms with Gasteiger partial charge in [-0.05, 0) is 56.4 Å². The van der Waals surface area contributed by atoms with Crippen molar-refractivity contribution in [3.8, 4) is 5.75 Å². The van der Waals surface area contributed by atoms with E-state index in [1.54, 1.807) is 41.3 Å². The number of amides is 1. The van der Waals surface area contributed by atoms with Crippen LogP contribution in [0.1, 0.15) is 40.9 Å². The van der Waals surface area contributed by atoms with Crippen molar-refractivity contribution >= 4 is 17.5 Å². The lowest BCUT2D eigenvalue weighted by Gasteiger charge is -2.22. The maximum atomic E-state index is 15.2. The molecular formula is C28H33F2N5O2. The number of nitrogens with zero attached hydrogens (tertiary/aromatic N) is 3. The summed E-state index contributed by atoms with van der Waals surface area (Å²) < 4.78 is 35.0. The fraction of sp³-hybridized carbons (Fsp3) is 0.357. The largest absolute Gasteiger partial charge is 0.486 e. The summed E-state index contributed by atoms with van der Waals surface area (Å²) in [6.07, 6.45) is 0.148. The number of anilines is 2. The van der Waals surface area contributed by atoms with Crippen molar-refractivity contribution in [2.24, 2.45) is 0 Å². The maximum absolute atomic E-state index is 15.2. The van der Waals surface area contributed by atoms with Crippen LogP contribution in [0, 0.1) is 11.6 Å². The van der Waals surface area contributed by atoms with Crippen LogP contribution < -0.4 is 20.3 Å². The average molecular weight is 510 g/mol. The molecule has 0 unspecified atom stereocenters. The molecule has 2 N–H and O–H groups in total. The summed E-state index contributed by atoms with van der Waals surface area (Å²) >= 11 is 0. The number of carbonyl (C=O) groups excluding carboxylic acids is 1. The number of halogens is 2. The first-order chi connectivity index (χ1) is 17.9. The van der Waals surface area contributed by atoms with Crippen molar-refractivity contribution in [2.45, 2.75) is 26.0 Å². The number of benzene rings is 2. The number of carbonyl (C=O) groups is 1. The van der Waals surface area contributed by atoms with E-state index in [0.29, 0.717) is 60.1 Å². The van der Waals surface area contributed by atoms with Gasteiger partial charge in [0.25, 0.3) is 5.91 Å². The highest BCUT2D eigenvalue weighted by atomic mass is 19.1. The molecule has 1 atom stereocenters. The molecule has 196 valence electrons. The molecule has 0 fully saturated rings. The summed E-state index contributed by atoms with van der Waals surface area (Å²) in [5, 5.41) is 6.24. The molecular weight excluding hydrogens is 476 g/mol. The summed E-state index contributed by atoms with van der Waals surface area (Å²) in [6, 6.07) is 14.4. The Balaban J connectivity index is 1.51. The zero-order chi connectivity index (χ0) is 26.4. The first-order valence-corrected chi connectivity index (χ1v) is 12.5. The lowest BCUT2D eigenvalue weighted by atomic mass is 10.1. The van der Waals surface area contributed by atoms with Crippen LogP contribution in [-0.2, 0) is 6.54 Å². The van der Waals surface area contributed by atoms with Crippen LogP contribution in [0.15, 0.2) is 54.6 Å². The quantitative estimate of drug-likeness (QED) is 0.416. The lowest BCUT2D eigenvalue weighted by Crippen LogP contribution is -2.33. The Hall–Kier alpha value is -3.72. The predicted molar refractivity (Wildman–Crippen MR) is 141 cm³/mol. The van der Waals surface area contributed by atoms with E-state index in [1.165, 1.54) is 18.2 Å². The van der Waals surface area contributed by atoms with Crippen molar-refractivity contribution < 1.29 is 18.3 Å². The van der Waals surface area contributed by atoms with E-state index in [4.69, 9.17) is 4.74 Å². The van der Waals surface area contributed by atoms with Gasteiger partial charge in [-0.1, -0.05) is 18.2 Å². The minimum absolute atomic E-state index is 0.125. The Morgan fingerprint density at radius 1 is 1.11 bits per heavy atom. The van der Waals surface area contributed by atoms with E-state index in [-0.39, 0.29) is 18.3 Å². The van der Waals surface area contributed by atoms with Gasteiger partial charge in [0.1, 0.15) is 35.1 Å². The van der Waals surface area contributed by atoms with Crippen molar-refractivity contribution in [1.82, 2.24) is 15.2 Å². The number of ether oxygens (including phenoxy) is 1. The second-order valence-electron chi connectivity index (χ2n) is 9.05. The number of pyridine rings is 1. The zero-order valence-electron chi connectivity index (χ0n) is 21.4. The highest BCUT2D eigenvalue weighted by Crippen LogP contribution is 2.29. The zero-order valence-corrected chi connectivity index (χ0v) is 21.4. The molecule has 1 aliphatic heterocycles. The van der Waals surface area contributed by atoms with Crippen LogP contribution >= 0.6 is 0 Å². The van der Waals surface area contributed by atoms with Gasteiger partial charge in [0.05, 0.1) is 5.56 Å². The van der Waals surface area contributed by atoms with Gasteiger partial charge in [-0.3, -0.25) is 4.79 Å². The molecule has 3 aromatic rings. The molecule has 0 spiro atoms. The van der Waals surface area contributed by atoms with Crippen LogP contribution in [0.4, 0.5) is 20.4 Å². The minimum atomic E-state index is -0.463. The van der Waals surface area contributed by atoms with Crippen molar-refractivity contribution in [2.75, 3.05) is 50.5 Å². The molecule has 1 amide bonds. The third-order valence-corrected chi connectivity index (χ3v) is 6.36. The van der Waals surface area contributed by atoms with E-state index < -0.39 is 11.9 Å². The Morgan fingerprint density at radius 3 is 2.68 bits per heavy atom. The number of nitrogens with one attached hydrogen (secondary N) is 2. The van der Waals surface area contributed by atoms with Crippen LogP contribution in [0.5, 0.6) is 5.75 Å². The molecule has 0 radical (unpaired) electrons. The molecule has 7 nitrogen and oxygen atoms in total. The molecule has 4 rings (SSSR count). The summed E-state index contributed by atoms with van der Waals surface area (Å²) in [5.41, 5.74) is 1.56. The van der Waals surface area contributed by atoms with Gasteiger partial charge in [-0.2, -0.15) is 0 Å². The Labute approximate surface area is 216 Å². The average Bonchev–Trinajstić information content (AvgIpc) is 3.00. The van der Waals surface area contributed by atoms with E-state index in [2.05, 4.69) is 15.6 Å². The molecule has 0 bridgehead atoms. The molecule has 1 aliphatic rings. The van der Waals surface area contributed by atoms with Crippen LogP contribution in [0.2, 0.25) is 0 Å². The summed E-state index contributed by atoms with van der Waals surface area (Å²) in [7, 11) is 3.72. The van der Waals surface area contributed by atoms with Gasteiger partial charge >= 0.3 is 0 Å². The molecule has 0 saturated carbocycles. The predicted octanol–water partition coefficient (Wildman–Crippen LogP) is 4.61. The molecule has 37 heavy (non-hydrogen) atoms. The van der Waals surface area contributed by atoms with E-state index >= 15 is 4.39 Å². The molecule has 0 aliphatic carbocycles. The van der Waals surface area contributed by atoms with E-state index in [1.807, 2.05) is 25.9 Å². The van der Waals surface area contributed by atoms with Gasteiger partial charge in [0.2, 0.25) is 0 Å². The van der Waals surface area contributed by atoms with Gasteiger partial charge < -0.3 is 25.2 Å². The number of likely N-dealkylation sites (N-methyl/N-ethyl adjacent to an activating group) is 1. The van der Waals surface area contributed by atoms with Crippen molar-refractivity contribution in [1.29, 1.82) is 0 Å². The van der Waals surface area contributed by atoms with Gasteiger partial charge in [-0.25, -0.2) is 13.8 Å². The number of hydrogen-bond donors (Lipinski definition) is 2. The van der Waals surface area contributed by atoms with Crippen molar-refractivity contribution in [3.63, 3.8) is 0 Å². The van der Waals surface area contributed by atoms with Gasteiger partial charge in [0, 0.05) is 51.3 Å². The normalized spacial score (nSPS) is 14.2. The molecule has 1 aromatic heterocycles. The summed E-state index contributed by atoms with van der Waals surface area (Å²) in [6.45, 7) is 4.50. The molecule has 9 heteroatoms. The molecule has 2 aromatic carbocycles. The number of aromatic nitrogens is 1. The van der Waals surface area contributed by atoms with E-state index in [0.717, 1.165) is 6.54 Å². The van der Waals surface area contributed by atoms with Crippen LogP contribution in [-0.4, -0.2) is 56.1 Å². The third-order valence-electron chi connectivity index (χ3n) is 6.36. The molecule has 2 heterocycles. The summed E-state index contributed by atoms with van der Waals surface area (Å²) in [5.74, 6) is 0.670. The SMILES string of the molecule is CCNc1ccc2c(n1)N(C)CCN(Cc1ccc(O[C@@H](CCNC)c3cccc(F)c3)cc1F)C2=O. The van der Waals surface area contributed by atoms with Crippen LogP contribution in [0.25, 0.3) is 0 Å². The first kappa shape index (κ1) is 26.3. The second kappa shape index (κ2) is 12.0. The monoisotopic (exact) mass is 509 g/mol. The minimum Gasteiger partial charge on any atom is -0.486 e. The highest BCUT2D eigenvalue weighted by Gasteiger charge is 2.27. The maximum Gasteiger partial charge on any atom is 0.257 e. The second-order valence-corrected chi connectivity index (χ2v) is 9.05. The Kier molecular flexibility index (Phi) is 8.55. The topological polar surface area (TPSA) is 69.7 Å². The standard InChI is InChI=1S/C28H33F2N5O2/c1-4-32-26-11-10-23-27(33-26)34(3)14-15-35(28(23)36)18-20-8-9-22(17-24(20)30)37-25(12-13-31-2)19-6-5-7-21(29)16-19/h5-11,16-17,25,31H,4,12-15,18H2,1-3H3,(H,32,33)/t25-/m0/s1. The lowest BCUT2D eigenvalue weighted by molar-refractivity contribution is 0.0753. The van der Waals surface area contributed by atoms with Crippen LogP contribution in [0.3, 0.4) is 0 Å². The Morgan fingerprint density at radius 2 is 1.95 bits per heavy atom. The number of fused-ring (bicyclic) bond motifs is 1. The number of rotatable bonds is 10. The van der Waals surface area contributed by atoms with Gasteiger partial charge in [0.15, 0.2) is 0 Å². The Bertz CT molecular complexity index is 1240. The highest BCUT2D eigenvalue weighted by molar-refractivity contribution is 5.99. The third kappa shape index (κ3) is 6.35. The fourth-order valence-corrected chi connectivity index (χ4v) is 4.36. The van der Waals surface area contributed by atoms with Gasteiger partial charge in [-0.15, -0.1) is 0 Å². The fourth-order valence-electron chi connectivity index (χ4n) is 4.36. The number of hydrogen-bond acceptors (Lipinski definition) is 6. The summed E-state index contributed by atoms with van der Waals surface area (Å²) in [4.78, 5) is 21.5.